The fraction of sp³-hybridized carbons (Fsp3) is 0.143. The first kappa shape index (κ1) is 15.7. The molecule has 0 aromatic heterocycles. The second-order valence-electron chi connectivity index (χ2n) is 4.30. The minimum Gasteiger partial charge on any atom is -0.271 e. The largest absolute Gasteiger partial charge is 0.271 e. The summed E-state index contributed by atoms with van der Waals surface area (Å²) in [5.74, 6) is 5.23. The molecule has 0 bridgehead atoms. The average Bonchev–Trinajstić information content (AvgIpc) is 2.43. The van der Waals surface area contributed by atoms with Gasteiger partial charge in [0.25, 0.3) is 0 Å². The van der Waals surface area contributed by atoms with Crippen LogP contribution in [-0.4, -0.2) is 0 Å². The molecule has 0 aliphatic heterocycles. The molecule has 2 aromatic rings. The quantitative estimate of drug-likeness (QED) is 0.601. The van der Waals surface area contributed by atoms with Crippen molar-refractivity contribution in [3.05, 3.63) is 67.9 Å². The van der Waals surface area contributed by atoms with Gasteiger partial charge in [-0.15, -0.1) is 0 Å². The molecule has 0 saturated carbocycles. The maximum Gasteiger partial charge on any atom is 0.128 e. The highest BCUT2D eigenvalue weighted by atomic mass is 79.9. The van der Waals surface area contributed by atoms with E-state index in [4.69, 9.17) is 29.0 Å². The Morgan fingerprint density at radius 2 is 2.00 bits per heavy atom. The van der Waals surface area contributed by atoms with E-state index in [0.717, 1.165) is 10.0 Å². The lowest BCUT2D eigenvalue weighted by Gasteiger charge is -2.18. The standard InChI is InChI=1S/C14H12BrCl2FN2/c15-9-4-5-12(18)10(7-9)13(20-19)6-8-2-1-3-11(16)14(8)17/h1-5,7,13,20H,6,19H2. The summed E-state index contributed by atoms with van der Waals surface area (Å²) in [6, 6.07) is 9.67. The number of halogens is 4. The number of hydrogen-bond acceptors (Lipinski definition) is 2. The fourth-order valence-corrected chi connectivity index (χ4v) is 2.74. The van der Waals surface area contributed by atoms with E-state index in [0.29, 0.717) is 22.0 Å². The van der Waals surface area contributed by atoms with Gasteiger partial charge in [0.1, 0.15) is 5.82 Å². The first-order valence-corrected chi connectivity index (χ1v) is 7.41. The predicted octanol–water partition coefficient (Wildman–Crippen LogP) is 4.64. The van der Waals surface area contributed by atoms with Crippen LogP contribution in [0, 0.1) is 5.82 Å². The van der Waals surface area contributed by atoms with Gasteiger partial charge in [0.2, 0.25) is 0 Å². The van der Waals surface area contributed by atoms with E-state index in [1.54, 1.807) is 24.3 Å². The molecule has 106 valence electrons. The molecule has 0 saturated heterocycles. The van der Waals surface area contributed by atoms with Gasteiger partial charge in [0.05, 0.1) is 16.1 Å². The average molecular weight is 378 g/mol. The van der Waals surface area contributed by atoms with Gasteiger partial charge in [-0.05, 0) is 36.2 Å². The zero-order chi connectivity index (χ0) is 14.7. The van der Waals surface area contributed by atoms with Crippen molar-refractivity contribution in [2.45, 2.75) is 12.5 Å². The minimum atomic E-state index is -0.400. The summed E-state index contributed by atoms with van der Waals surface area (Å²) in [6.07, 6.45) is 0.434. The molecule has 1 atom stereocenters. The van der Waals surface area contributed by atoms with E-state index in [9.17, 15) is 4.39 Å². The number of hydrazine groups is 1. The Labute approximate surface area is 135 Å². The van der Waals surface area contributed by atoms with Crippen molar-refractivity contribution in [1.82, 2.24) is 5.43 Å². The molecule has 2 rings (SSSR count). The van der Waals surface area contributed by atoms with Gasteiger partial charge in [-0.25, -0.2) is 4.39 Å². The van der Waals surface area contributed by atoms with Gasteiger partial charge in [-0.1, -0.05) is 51.3 Å². The first-order valence-electron chi connectivity index (χ1n) is 5.87. The van der Waals surface area contributed by atoms with Gasteiger partial charge in [0.15, 0.2) is 0 Å². The molecule has 1 unspecified atom stereocenters. The number of nitrogens with one attached hydrogen (secondary N) is 1. The van der Waals surface area contributed by atoms with Crippen LogP contribution in [0.2, 0.25) is 10.0 Å². The summed E-state index contributed by atoms with van der Waals surface area (Å²) in [5.41, 5.74) is 3.90. The normalized spacial score (nSPS) is 12.4. The summed E-state index contributed by atoms with van der Waals surface area (Å²) in [5, 5.41) is 0.930. The Balaban J connectivity index is 2.34. The van der Waals surface area contributed by atoms with Crippen molar-refractivity contribution >= 4 is 39.1 Å². The molecule has 0 heterocycles. The molecular formula is C14H12BrCl2FN2. The Morgan fingerprint density at radius 3 is 2.70 bits per heavy atom. The zero-order valence-corrected chi connectivity index (χ0v) is 13.4. The third-order valence-electron chi connectivity index (χ3n) is 2.99. The van der Waals surface area contributed by atoms with E-state index in [-0.39, 0.29) is 5.82 Å². The maximum atomic E-state index is 13.9. The third kappa shape index (κ3) is 3.51. The van der Waals surface area contributed by atoms with Crippen LogP contribution in [0.3, 0.4) is 0 Å². The van der Waals surface area contributed by atoms with Crippen molar-refractivity contribution in [2.75, 3.05) is 0 Å². The third-order valence-corrected chi connectivity index (χ3v) is 4.34. The van der Waals surface area contributed by atoms with Crippen LogP contribution in [0.15, 0.2) is 40.9 Å². The second kappa shape index (κ2) is 6.87. The number of hydrogen-bond donors (Lipinski definition) is 2. The molecule has 0 amide bonds. The Kier molecular flexibility index (Phi) is 5.41. The lowest BCUT2D eigenvalue weighted by Crippen LogP contribution is -2.30. The number of nitrogens with two attached hydrogens (primary N) is 1. The van der Waals surface area contributed by atoms with Crippen LogP contribution >= 0.6 is 39.1 Å². The van der Waals surface area contributed by atoms with Crippen molar-refractivity contribution in [1.29, 1.82) is 0 Å². The lowest BCUT2D eigenvalue weighted by atomic mass is 9.99. The smallest absolute Gasteiger partial charge is 0.128 e. The van der Waals surface area contributed by atoms with E-state index in [1.165, 1.54) is 6.07 Å². The van der Waals surface area contributed by atoms with Crippen molar-refractivity contribution in [2.24, 2.45) is 5.84 Å². The van der Waals surface area contributed by atoms with Crippen LogP contribution in [0.5, 0.6) is 0 Å². The van der Waals surface area contributed by atoms with Crippen LogP contribution < -0.4 is 11.3 Å². The van der Waals surface area contributed by atoms with Crippen LogP contribution in [0.1, 0.15) is 17.2 Å². The summed E-state index contributed by atoms with van der Waals surface area (Å²) < 4.78 is 14.7. The van der Waals surface area contributed by atoms with Crippen LogP contribution in [0.25, 0.3) is 0 Å². The summed E-state index contributed by atoms with van der Waals surface area (Å²) >= 11 is 15.4. The van der Waals surface area contributed by atoms with Gasteiger partial charge in [-0.3, -0.25) is 11.3 Å². The molecule has 2 aromatic carbocycles. The molecular weight excluding hydrogens is 366 g/mol. The summed E-state index contributed by atoms with van der Waals surface area (Å²) in [4.78, 5) is 0. The molecule has 3 N–H and O–H groups in total. The monoisotopic (exact) mass is 376 g/mol. The molecule has 0 fully saturated rings. The number of rotatable bonds is 4. The minimum absolute atomic E-state index is 0.325. The highest BCUT2D eigenvalue weighted by Gasteiger charge is 2.17. The second-order valence-corrected chi connectivity index (χ2v) is 6.00. The SMILES string of the molecule is NNC(Cc1cccc(Cl)c1Cl)c1cc(Br)ccc1F. The van der Waals surface area contributed by atoms with Gasteiger partial charge >= 0.3 is 0 Å². The molecule has 0 aliphatic rings. The van der Waals surface area contributed by atoms with Crippen LogP contribution in [0.4, 0.5) is 4.39 Å². The first-order chi connectivity index (χ1) is 9.52. The molecule has 0 radical (unpaired) electrons. The summed E-state index contributed by atoms with van der Waals surface area (Å²) in [6.45, 7) is 0. The predicted molar refractivity (Wildman–Crippen MR) is 84.3 cm³/mol. The van der Waals surface area contributed by atoms with Crippen molar-refractivity contribution in [3.8, 4) is 0 Å². The molecule has 2 nitrogen and oxygen atoms in total. The van der Waals surface area contributed by atoms with E-state index in [1.807, 2.05) is 6.07 Å². The van der Waals surface area contributed by atoms with E-state index < -0.39 is 6.04 Å². The Morgan fingerprint density at radius 1 is 1.25 bits per heavy atom. The molecule has 20 heavy (non-hydrogen) atoms. The van der Waals surface area contributed by atoms with E-state index >= 15 is 0 Å². The highest BCUT2D eigenvalue weighted by Crippen LogP contribution is 2.30. The van der Waals surface area contributed by atoms with Crippen LogP contribution in [-0.2, 0) is 6.42 Å². The number of benzene rings is 2. The molecule has 0 spiro atoms. The maximum absolute atomic E-state index is 13.9. The highest BCUT2D eigenvalue weighted by molar-refractivity contribution is 9.10. The fourth-order valence-electron chi connectivity index (χ4n) is 1.97. The molecule has 0 aliphatic carbocycles. The van der Waals surface area contributed by atoms with Crippen molar-refractivity contribution < 1.29 is 4.39 Å². The van der Waals surface area contributed by atoms with E-state index in [2.05, 4.69) is 21.4 Å². The van der Waals surface area contributed by atoms with Crippen molar-refractivity contribution in [3.63, 3.8) is 0 Å². The molecule has 6 heteroatoms. The summed E-state index contributed by atoms with van der Waals surface area (Å²) in [7, 11) is 0. The topological polar surface area (TPSA) is 38.0 Å². The van der Waals surface area contributed by atoms with Gasteiger partial charge < -0.3 is 0 Å². The van der Waals surface area contributed by atoms with Gasteiger partial charge in [-0.2, -0.15) is 0 Å². The lowest BCUT2D eigenvalue weighted by molar-refractivity contribution is 0.510. The van der Waals surface area contributed by atoms with Gasteiger partial charge in [0, 0.05) is 10.0 Å². The Hall–Kier alpha value is -0.650. The Bertz CT molecular complexity index is 622. The zero-order valence-electron chi connectivity index (χ0n) is 10.3.